The molecule has 2 rings (SSSR count). The molecule has 0 aromatic carbocycles. The Morgan fingerprint density at radius 3 is 2.57 bits per heavy atom. The van der Waals surface area contributed by atoms with E-state index in [1.165, 1.54) is 6.26 Å². The monoisotopic (exact) mass is 314 g/mol. The highest BCUT2D eigenvalue weighted by molar-refractivity contribution is 7.88. The predicted molar refractivity (Wildman–Crippen MR) is 83.2 cm³/mol. The number of nitrogens with zero attached hydrogens (tertiary/aromatic N) is 2. The van der Waals surface area contributed by atoms with E-state index < -0.39 is 10.0 Å². The molecule has 0 unspecified atom stereocenters. The third kappa shape index (κ3) is 4.07. The summed E-state index contributed by atoms with van der Waals surface area (Å²) >= 11 is 0. The fourth-order valence-corrected chi connectivity index (χ4v) is 4.21. The van der Waals surface area contributed by atoms with Crippen LogP contribution in [0.3, 0.4) is 0 Å². The van der Waals surface area contributed by atoms with Crippen molar-refractivity contribution in [1.29, 1.82) is 0 Å². The molecule has 0 N–H and O–H groups in total. The van der Waals surface area contributed by atoms with E-state index >= 15 is 0 Å². The van der Waals surface area contributed by atoms with Crippen molar-refractivity contribution in [1.82, 2.24) is 9.21 Å². The van der Waals surface area contributed by atoms with Crippen molar-refractivity contribution in [2.75, 3.05) is 25.9 Å². The van der Waals surface area contributed by atoms with E-state index in [1.807, 2.05) is 24.8 Å². The summed E-state index contributed by atoms with van der Waals surface area (Å²) in [5.41, 5.74) is 0. The second-order valence-electron chi connectivity index (χ2n) is 6.51. The minimum Gasteiger partial charge on any atom is -0.336 e. The van der Waals surface area contributed by atoms with Gasteiger partial charge in [-0.2, -0.15) is 0 Å². The molecule has 0 radical (unpaired) electrons. The number of hydrogen-bond donors (Lipinski definition) is 0. The standard InChI is InChI=1S/C15H26N2O3S/c1-12(2)6-7-15(18)17-9-4-5-13-11-16(21(3,19)20)10-8-14(13)17/h6-7,12-14H,4-5,8-11H2,1-3H3/b7-6+/t13-,14+/m1/s1. The molecule has 0 aliphatic carbocycles. The van der Waals surface area contributed by atoms with Gasteiger partial charge in [0.15, 0.2) is 0 Å². The Morgan fingerprint density at radius 1 is 1.24 bits per heavy atom. The zero-order valence-electron chi connectivity index (χ0n) is 13.2. The van der Waals surface area contributed by atoms with Crippen LogP contribution in [-0.2, 0) is 14.8 Å². The first-order valence-electron chi connectivity index (χ1n) is 7.73. The maximum absolute atomic E-state index is 12.3. The van der Waals surface area contributed by atoms with Crippen molar-refractivity contribution in [2.45, 2.75) is 39.2 Å². The molecule has 2 fully saturated rings. The molecule has 0 bridgehead atoms. The van der Waals surface area contributed by atoms with Crippen molar-refractivity contribution in [3.8, 4) is 0 Å². The Bertz CT molecular complexity index is 513. The average Bonchev–Trinajstić information content (AvgIpc) is 2.42. The number of fused-ring (bicyclic) bond motifs is 1. The maximum Gasteiger partial charge on any atom is 0.246 e. The van der Waals surface area contributed by atoms with Gasteiger partial charge in [0, 0.05) is 25.7 Å². The van der Waals surface area contributed by atoms with Gasteiger partial charge in [0.05, 0.1) is 6.26 Å². The molecule has 0 saturated carbocycles. The van der Waals surface area contributed by atoms with Crippen molar-refractivity contribution in [2.24, 2.45) is 11.8 Å². The minimum absolute atomic E-state index is 0.0752. The van der Waals surface area contributed by atoms with Gasteiger partial charge in [0.2, 0.25) is 15.9 Å². The highest BCUT2D eigenvalue weighted by atomic mass is 32.2. The van der Waals surface area contributed by atoms with Crippen molar-refractivity contribution >= 4 is 15.9 Å². The fourth-order valence-electron chi connectivity index (χ4n) is 3.32. The highest BCUT2D eigenvalue weighted by Gasteiger charge is 2.39. The predicted octanol–water partition coefficient (Wildman–Crippen LogP) is 1.47. The number of rotatable bonds is 3. The summed E-state index contributed by atoms with van der Waals surface area (Å²) in [7, 11) is -3.12. The molecule has 1 amide bonds. The summed E-state index contributed by atoms with van der Waals surface area (Å²) in [6.07, 6.45) is 7.59. The van der Waals surface area contributed by atoms with Crippen molar-refractivity contribution in [3.05, 3.63) is 12.2 Å². The molecular formula is C15H26N2O3S. The van der Waals surface area contributed by atoms with Gasteiger partial charge in [0.1, 0.15) is 0 Å². The quantitative estimate of drug-likeness (QED) is 0.741. The first-order chi connectivity index (χ1) is 9.79. The number of sulfonamides is 1. The zero-order valence-corrected chi connectivity index (χ0v) is 14.0. The summed E-state index contributed by atoms with van der Waals surface area (Å²) in [5.74, 6) is 0.714. The van der Waals surface area contributed by atoms with Gasteiger partial charge in [-0.05, 0) is 37.2 Å². The van der Waals surface area contributed by atoms with Crippen LogP contribution in [0.15, 0.2) is 12.2 Å². The molecule has 2 atom stereocenters. The lowest BCUT2D eigenvalue weighted by atomic mass is 9.84. The maximum atomic E-state index is 12.3. The topological polar surface area (TPSA) is 57.7 Å². The van der Waals surface area contributed by atoms with E-state index in [2.05, 4.69) is 0 Å². The zero-order chi connectivity index (χ0) is 15.6. The Hall–Kier alpha value is -0.880. The van der Waals surface area contributed by atoms with Gasteiger partial charge in [-0.1, -0.05) is 19.9 Å². The third-order valence-corrected chi connectivity index (χ3v) is 5.68. The lowest BCUT2D eigenvalue weighted by molar-refractivity contribution is -0.132. The fraction of sp³-hybridized carbons (Fsp3) is 0.800. The Labute approximate surface area is 128 Å². The van der Waals surface area contributed by atoms with E-state index in [4.69, 9.17) is 0 Å². The lowest BCUT2D eigenvalue weighted by Crippen LogP contribution is -2.56. The normalized spacial score (nSPS) is 28.1. The number of likely N-dealkylation sites (tertiary alicyclic amines) is 1. The number of carbonyl (C=O) groups excluding carboxylic acids is 1. The molecule has 120 valence electrons. The second kappa shape index (κ2) is 6.48. The average molecular weight is 314 g/mol. The summed E-state index contributed by atoms with van der Waals surface area (Å²) in [6, 6.07) is 0.195. The molecule has 0 spiro atoms. The minimum atomic E-state index is -3.12. The Kier molecular flexibility index (Phi) is 5.09. The molecule has 0 aromatic rings. The highest BCUT2D eigenvalue weighted by Crippen LogP contribution is 2.31. The smallest absolute Gasteiger partial charge is 0.246 e. The van der Waals surface area contributed by atoms with Crippen LogP contribution in [0.2, 0.25) is 0 Å². The molecule has 2 saturated heterocycles. The van der Waals surface area contributed by atoms with E-state index in [9.17, 15) is 13.2 Å². The molecule has 2 heterocycles. The van der Waals surface area contributed by atoms with E-state index in [-0.39, 0.29) is 17.9 Å². The van der Waals surface area contributed by atoms with Gasteiger partial charge in [-0.15, -0.1) is 0 Å². The SMILES string of the molecule is CC(C)/C=C/C(=O)N1CCC[C@@H]2CN(S(C)(=O)=O)CC[C@@H]21. The first-order valence-corrected chi connectivity index (χ1v) is 9.58. The largest absolute Gasteiger partial charge is 0.336 e. The van der Waals surface area contributed by atoms with Crippen LogP contribution in [0, 0.1) is 11.8 Å². The van der Waals surface area contributed by atoms with Crippen molar-refractivity contribution < 1.29 is 13.2 Å². The molecule has 6 heteroatoms. The molecule has 21 heavy (non-hydrogen) atoms. The second-order valence-corrected chi connectivity index (χ2v) is 8.50. The number of carbonyl (C=O) groups is 1. The number of allylic oxidation sites excluding steroid dienone is 1. The van der Waals surface area contributed by atoms with Crippen LogP contribution in [0.4, 0.5) is 0 Å². The van der Waals surface area contributed by atoms with Gasteiger partial charge in [-0.3, -0.25) is 4.79 Å². The van der Waals surface area contributed by atoms with E-state index in [1.54, 1.807) is 10.4 Å². The van der Waals surface area contributed by atoms with E-state index in [0.29, 0.717) is 19.0 Å². The van der Waals surface area contributed by atoms with Crippen LogP contribution in [0.5, 0.6) is 0 Å². The van der Waals surface area contributed by atoms with Gasteiger partial charge in [-0.25, -0.2) is 12.7 Å². The summed E-state index contributed by atoms with van der Waals surface area (Å²) in [6.45, 7) is 5.97. The van der Waals surface area contributed by atoms with Crippen LogP contribution in [-0.4, -0.2) is 55.5 Å². The third-order valence-electron chi connectivity index (χ3n) is 4.41. The van der Waals surface area contributed by atoms with Gasteiger partial charge < -0.3 is 4.90 Å². The van der Waals surface area contributed by atoms with Crippen molar-refractivity contribution in [3.63, 3.8) is 0 Å². The summed E-state index contributed by atoms with van der Waals surface area (Å²) in [5, 5.41) is 0. The van der Waals surface area contributed by atoms with Crippen LogP contribution < -0.4 is 0 Å². The lowest BCUT2D eigenvalue weighted by Gasteiger charge is -2.46. The van der Waals surface area contributed by atoms with Crippen LogP contribution >= 0.6 is 0 Å². The number of hydrogen-bond acceptors (Lipinski definition) is 3. The Balaban J connectivity index is 2.06. The first kappa shape index (κ1) is 16.5. The van der Waals surface area contributed by atoms with Crippen LogP contribution in [0.25, 0.3) is 0 Å². The number of amides is 1. The molecule has 0 aromatic heterocycles. The van der Waals surface area contributed by atoms with E-state index in [0.717, 1.165) is 25.8 Å². The van der Waals surface area contributed by atoms with Crippen LogP contribution in [0.1, 0.15) is 33.1 Å². The molecular weight excluding hydrogens is 288 g/mol. The molecule has 5 nitrogen and oxygen atoms in total. The Morgan fingerprint density at radius 2 is 1.95 bits per heavy atom. The summed E-state index contributed by atoms with van der Waals surface area (Å²) in [4.78, 5) is 14.3. The number of piperidine rings is 2. The molecule has 2 aliphatic heterocycles. The summed E-state index contributed by atoms with van der Waals surface area (Å²) < 4.78 is 24.9. The van der Waals surface area contributed by atoms with Gasteiger partial charge >= 0.3 is 0 Å². The molecule has 2 aliphatic rings. The van der Waals surface area contributed by atoms with Gasteiger partial charge in [0.25, 0.3) is 0 Å².